The number of hydrogen-bond acceptors (Lipinski definition) is 4. The van der Waals surface area contributed by atoms with Gasteiger partial charge in [0.25, 0.3) is 11.6 Å². The minimum absolute atomic E-state index is 0.0633. The molecule has 2 aromatic rings. The summed E-state index contributed by atoms with van der Waals surface area (Å²) in [6.07, 6.45) is 1.55. The number of fused-ring (bicyclic) bond motifs is 1. The molecule has 0 saturated heterocycles. The van der Waals surface area contributed by atoms with Gasteiger partial charge in [-0.15, -0.1) is 0 Å². The number of aromatic nitrogens is 1. The van der Waals surface area contributed by atoms with E-state index in [2.05, 4.69) is 4.98 Å². The normalized spacial score (nSPS) is 11.6. The second-order valence-corrected chi connectivity index (χ2v) is 5.82. The zero-order chi connectivity index (χ0) is 16.5. The summed E-state index contributed by atoms with van der Waals surface area (Å²) in [6, 6.07) is 4.36. The SMILES string of the molecule is CCN(CC(C)(C)O)C(=O)c1c[nH]c2ccc([N+](=O)[O-])cc12. The van der Waals surface area contributed by atoms with Crippen molar-refractivity contribution in [2.75, 3.05) is 13.1 Å². The molecule has 0 bridgehead atoms. The quantitative estimate of drug-likeness (QED) is 0.654. The monoisotopic (exact) mass is 305 g/mol. The topological polar surface area (TPSA) is 99.5 Å². The van der Waals surface area contributed by atoms with Gasteiger partial charge in [0.15, 0.2) is 0 Å². The number of nitro groups is 1. The highest BCUT2D eigenvalue weighted by atomic mass is 16.6. The van der Waals surface area contributed by atoms with Crippen LogP contribution < -0.4 is 0 Å². The number of hydrogen-bond donors (Lipinski definition) is 2. The number of nitro benzene ring substituents is 1. The zero-order valence-corrected chi connectivity index (χ0v) is 12.8. The molecule has 1 heterocycles. The molecule has 0 aliphatic rings. The molecule has 1 aromatic carbocycles. The van der Waals surface area contributed by atoms with E-state index in [-0.39, 0.29) is 18.1 Å². The number of nitrogens with zero attached hydrogens (tertiary/aromatic N) is 2. The number of aromatic amines is 1. The minimum atomic E-state index is -1.01. The van der Waals surface area contributed by atoms with E-state index in [0.717, 1.165) is 0 Å². The van der Waals surface area contributed by atoms with E-state index in [1.807, 2.05) is 6.92 Å². The molecule has 0 fully saturated rings. The fourth-order valence-electron chi connectivity index (χ4n) is 2.36. The first-order valence-electron chi connectivity index (χ1n) is 7.00. The summed E-state index contributed by atoms with van der Waals surface area (Å²) in [7, 11) is 0. The van der Waals surface area contributed by atoms with E-state index in [4.69, 9.17) is 0 Å². The number of H-pyrrole nitrogens is 1. The third-order valence-corrected chi connectivity index (χ3v) is 3.35. The molecule has 1 aromatic heterocycles. The van der Waals surface area contributed by atoms with Crippen molar-refractivity contribution in [3.8, 4) is 0 Å². The van der Waals surface area contributed by atoms with Gasteiger partial charge in [-0.25, -0.2) is 0 Å². The number of benzene rings is 1. The first-order valence-corrected chi connectivity index (χ1v) is 7.00. The summed E-state index contributed by atoms with van der Waals surface area (Å²) in [5.74, 6) is -0.267. The van der Waals surface area contributed by atoms with Crippen LogP contribution in [-0.4, -0.2) is 44.5 Å². The Morgan fingerprint density at radius 1 is 1.45 bits per heavy atom. The van der Waals surface area contributed by atoms with Crippen LogP contribution >= 0.6 is 0 Å². The molecule has 2 N–H and O–H groups in total. The van der Waals surface area contributed by atoms with Gasteiger partial charge in [0.05, 0.1) is 16.1 Å². The van der Waals surface area contributed by atoms with E-state index in [9.17, 15) is 20.0 Å². The van der Waals surface area contributed by atoms with Gasteiger partial charge < -0.3 is 15.0 Å². The highest BCUT2D eigenvalue weighted by Crippen LogP contribution is 2.25. The molecule has 0 atom stereocenters. The Kier molecular flexibility index (Phi) is 4.18. The first-order chi connectivity index (χ1) is 10.2. The summed E-state index contributed by atoms with van der Waals surface area (Å²) in [5.41, 5.74) is -0.0474. The second-order valence-electron chi connectivity index (χ2n) is 5.82. The van der Waals surface area contributed by atoms with E-state index < -0.39 is 10.5 Å². The van der Waals surface area contributed by atoms with Crippen LogP contribution in [0.3, 0.4) is 0 Å². The molecule has 118 valence electrons. The lowest BCUT2D eigenvalue weighted by molar-refractivity contribution is -0.384. The average molecular weight is 305 g/mol. The van der Waals surface area contributed by atoms with Crippen molar-refractivity contribution >= 4 is 22.5 Å². The lowest BCUT2D eigenvalue weighted by atomic mass is 10.1. The second kappa shape index (κ2) is 5.76. The van der Waals surface area contributed by atoms with Crippen molar-refractivity contribution in [3.63, 3.8) is 0 Å². The molecule has 0 unspecified atom stereocenters. The summed E-state index contributed by atoms with van der Waals surface area (Å²) < 4.78 is 0. The molecule has 1 amide bonds. The third-order valence-electron chi connectivity index (χ3n) is 3.35. The number of nitrogens with one attached hydrogen (secondary N) is 1. The molecule has 2 rings (SSSR count). The molecule has 0 saturated carbocycles. The number of aliphatic hydroxyl groups is 1. The van der Waals surface area contributed by atoms with Gasteiger partial charge in [-0.3, -0.25) is 14.9 Å². The Morgan fingerprint density at radius 2 is 2.14 bits per heavy atom. The number of amides is 1. The molecule has 22 heavy (non-hydrogen) atoms. The van der Waals surface area contributed by atoms with Gasteiger partial charge in [-0.1, -0.05) is 0 Å². The Bertz CT molecular complexity index is 715. The average Bonchev–Trinajstić information content (AvgIpc) is 2.85. The van der Waals surface area contributed by atoms with Gasteiger partial charge in [0, 0.05) is 42.3 Å². The van der Waals surface area contributed by atoms with E-state index in [1.54, 1.807) is 26.1 Å². The number of carbonyl (C=O) groups is 1. The molecular weight excluding hydrogens is 286 g/mol. The van der Waals surface area contributed by atoms with Crippen molar-refractivity contribution in [1.29, 1.82) is 0 Å². The maximum absolute atomic E-state index is 12.6. The molecule has 0 spiro atoms. The lowest BCUT2D eigenvalue weighted by Crippen LogP contribution is -2.42. The largest absolute Gasteiger partial charge is 0.389 e. The third kappa shape index (κ3) is 3.25. The van der Waals surface area contributed by atoms with Crippen molar-refractivity contribution in [3.05, 3.63) is 40.1 Å². The van der Waals surface area contributed by atoms with Crippen LogP contribution in [0.2, 0.25) is 0 Å². The fraction of sp³-hybridized carbons (Fsp3) is 0.400. The van der Waals surface area contributed by atoms with Crippen LogP contribution in [0.1, 0.15) is 31.1 Å². The number of carbonyl (C=O) groups excluding carboxylic acids is 1. The maximum atomic E-state index is 12.6. The predicted octanol–water partition coefficient (Wildman–Crippen LogP) is 2.31. The molecule has 0 aliphatic carbocycles. The van der Waals surface area contributed by atoms with Crippen LogP contribution in [0.5, 0.6) is 0 Å². The molecule has 0 radical (unpaired) electrons. The molecule has 7 nitrogen and oxygen atoms in total. The molecule has 7 heteroatoms. The van der Waals surface area contributed by atoms with Gasteiger partial charge in [-0.05, 0) is 26.8 Å². The van der Waals surface area contributed by atoms with Crippen LogP contribution in [0.25, 0.3) is 10.9 Å². The Balaban J connectivity index is 2.42. The van der Waals surface area contributed by atoms with Crippen LogP contribution in [-0.2, 0) is 0 Å². The van der Waals surface area contributed by atoms with Crippen molar-refractivity contribution in [1.82, 2.24) is 9.88 Å². The lowest BCUT2D eigenvalue weighted by Gasteiger charge is -2.28. The number of rotatable bonds is 5. The molecular formula is C15H19N3O4. The zero-order valence-electron chi connectivity index (χ0n) is 12.8. The Morgan fingerprint density at radius 3 is 2.68 bits per heavy atom. The van der Waals surface area contributed by atoms with E-state index in [0.29, 0.717) is 23.0 Å². The van der Waals surface area contributed by atoms with Gasteiger partial charge in [-0.2, -0.15) is 0 Å². The Labute approximate surface area is 127 Å². The number of non-ortho nitro benzene ring substituents is 1. The van der Waals surface area contributed by atoms with Gasteiger partial charge >= 0.3 is 0 Å². The van der Waals surface area contributed by atoms with Crippen LogP contribution in [0.15, 0.2) is 24.4 Å². The van der Waals surface area contributed by atoms with Gasteiger partial charge in [0.1, 0.15) is 0 Å². The summed E-state index contributed by atoms with van der Waals surface area (Å²) in [5, 5.41) is 21.3. The van der Waals surface area contributed by atoms with E-state index >= 15 is 0 Å². The Hall–Kier alpha value is -2.41. The first kappa shape index (κ1) is 16.0. The van der Waals surface area contributed by atoms with E-state index in [1.165, 1.54) is 17.0 Å². The van der Waals surface area contributed by atoms with Crippen LogP contribution in [0, 0.1) is 10.1 Å². The summed E-state index contributed by atoms with van der Waals surface area (Å²) in [4.78, 5) is 27.5. The fourth-order valence-corrected chi connectivity index (χ4v) is 2.36. The predicted molar refractivity (Wildman–Crippen MR) is 82.8 cm³/mol. The standard InChI is InChI=1S/C15H19N3O4/c1-4-17(9-15(2,3)20)14(19)12-8-16-13-6-5-10(18(21)22)7-11(12)13/h5-8,16,20H,4,9H2,1-3H3. The maximum Gasteiger partial charge on any atom is 0.270 e. The molecule has 0 aliphatic heterocycles. The van der Waals surface area contributed by atoms with Crippen molar-refractivity contribution < 1.29 is 14.8 Å². The number of likely N-dealkylation sites (N-methyl/N-ethyl adjacent to an activating group) is 1. The highest BCUT2D eigenvalue weighted by Gasteiger charge is 2.24. The van der Waals surface area contributed by atoms with Gasteiger partial charge in [0.2, 0.25) is 0 Å². The van der Waals surface area contributed by atoms with Crippen LogP contribution in [0.4, 0.5) is 5.69 Å². The summed E-state index contributed by atoms with van der Waals surface area (Å²) >= 11 is 0. The highest BCUT2D eigenvalue weighted by molar-refractivity contribution is 6.07. The minimum Gasteiger partial charge on any atom is -0.389 e. The summed E-state index contributed by atoms with van der Waals surface area (Å²) in [6.45, 7) is 5.70. The van der Waals surface area contributed by atoms with Crippen molar-refractivity contribution in [2.45, 2.75) is 26.4 Å². The smallest absolute Gasteiger partial charge is 0.270 e. The van der Waals surface area contributed by atoms with Crippen molar-refractivity contribution in [2.24, 2.45) is 0 Å².